The van der Waals surface area contributed by atoms with Gasteiger partial charge in [-0.25, -0.2) is 0 Å². The average molecular weight is 337 g/mol. The van der Waals surface area contributed by atoms with Crippen molar-refractivity contribution in [3.05, 3.63) is 41.5 Å². The summed E-state index contributed by atoms with van der Waals surface area (Å²) in [7, 11) is -3.58. The van der Waals surface area contributed by atoms with Crippen LogP contribution in [0.2, 0.25) is 0 Å². The first-order chi connectivity index (χ1) is 10.8. The minimum Gasteiger partial charge on any atom is -0.350 e. The Morgan fingerprint density at radius 2 is 2.00 bits per heavy atom. The molecule has 6 nitrogen and oxygen atoms in total. The Kier molecular flexibility index (Phi) is 5.43. The molecule has 0 radical (unpaired) electrons. The first kappa shape index (κ1) is 17.5. The van der Waals surface area contributed by atoms with Gasteiger partial charge in [-0.05, 0) is 51.0 Å². The zero-order valence-electron chi connectivity index (χ0n) is 13.7. The van der Waals surface area contributed by atoms with Gasteiger partial charge in [0, 0.05) is 24.7 Å². The molecule has 1 aliphatic heterocycles. The quantitative estimate of drug-likeness (QED) is 0.807. The Morgan fingerprint density at radius 3 is 2.57 bits per heavy atom. The number of aryl methyl sites for hydroxylation is 1. The molecule has 1 aromatic carbocycles. The number of hydrogen-bond donors (Lipinski definition) is 2. The number of benzene rings is 1. The fourth-order valence-electron chi connectivity index (χ4n) is 2.31. The average Bonchev–Trinajstić information content (AvgIpc) is 2.49. The Bertz CT molecular complexity index is 711. The minimum atomic E-state index is -3.58. The van der Waals surface area contributed by atoms with E-state index in [0.29, 0.717) is 36.3 Å². The van der Waals surface area contributed by atoms with Crippen molar-refractivity contribution in [1.29, 1.82) is 0 Å². The van der Waals surface area contributed by atoms with E-state index in [2.05, 4.69) is 10.0 Å². The van der Waals surface area contributed by atoms with Crippen LogP contribution in [-0.2, 0) is 10.2 Å². The van der Waals surface area contributed by atoms with Gasteiger partial charge >= 0.3 is 10.2 Å². The van der Waals surface area contributed by atoms with E-state index in [1.807, 2.05) is 26.0 Å². The molecular weight excluding hydrogens is 314 g/mol. The van der Waals surface area contributed by atoms with Gasteiger partial charge < -0.3 is 5.32 Å². The molecule has 0 atom stereocenters. The van der Waals surface area contributed by atoms with Crippen molar-refractivity contribution in [3.8, 4) is 0 Å². The van der Waals surface area contributed by atoms with Gasteiger partial charge in [0.25, 0.3) is 5.91 Å². The van der Waals surface area contributed by atoms with E-state index in [1.165, 1.54) is 4.31 Å². The molecule has 1 aliphatic rings. The third-order valence-electron chi connectivity index (χ3n) is 3.51. The molecule has 0 saturated heterocycles. The van der Waals surface area contributed by atoms with Gasteiger partial charge in [0.05, 0.1) is 5.69 Å². The fraction of sp³-hybridized carbons (Fsp3) is 0.438. The van der Waals surface area contributed by atoms with E-state index in [4.69, 9.17) is 0 Å². The van der Waals surface area contributed by atoms with Crippen molar-refractivity contribution >= 4 is 21.8 Å². The summed E-state index contributed by atoms with van der Waals surface area (Å²) in [6, 6.07) is 4.99. The molecule has 2 rings (SSSR count). The molecule has 1 amide bonds. The zero-order valence-corrected chi connectivity index (χ0v) is 14.5. The SMILES string of the molecule is Cc1cc(C(=O)NC(C)C)ccc1NS(=O)(=O)N1CC=CCC1. The second-order valence-electron chi connectivity index (χ2n) is 5.88. The molecule has 0 spiro atoms. The molecule has 0 fully saturated rings. The fourth-order valence-corrected chi connectivity index (χ4v) is 3.57. The summed E-state index contributed by atoms with van der Waals surface area (Å²) in [5.41, 5.74) is 1.71. The van der Waals surface area contributed by atoms with Crippen LogP contribution in [0.5, 0.6) is 0 Å². The number of carbonyl (C=O) groups excluding carboxylic acids is 1. The highest BCUT2D eigenvalue weighted by Gasteiger charge is 2.22. The van der Waals surface area contributed by atoms with Crippen LogP contribution < -0.4 is 10.0 Å². The largest absolute Gasteiger partial charge is 0.350 e. The van der Waals surface area contributed by atoms with E-state index in [0.717, 1.165) is 0 Å². The first-order valence-corrected chi connectivity index (χ1v) is 9.08. The lowest BCUT2D eigenvalue weighted by Crippen LogP contribution is -2.38. The van der Waals surface area contributed by atoms with Crippen molar-refractivity contribution in [2.24, 2.45) is 0 Å². The van der Waals surface area contributed by atoms with E-state index in [-0.39, 0.29) is 11.9 Å². The molecule has 23 heavy (non-hydrogen) atoms. The van der Waals surface area contributed by atoms with Crippen molar-refractivity contribution in [3.63, 3.8) is 0 Å². The van der Waals surface area contributed by atoms with Crippen LogP contribution in [-0.4, -0.2) is 37.8 Å². The van der Waals surface area contributed by atoms with Gasteiger partial charge in [0.2, 0.25) is 0 Å². The topological polar surface area (TPSA) is 78.5 Å². The monoisotopic (exact) mass is 337 g/mol. The molecule has 0 aromatic heterocycles. The normalized spacial score (nSPS) is 15.7. The molecule has 1 aromatic rings. The minimum absolute atomic E-state index is 0.0492. The maximum absolute atomic E-state index is 12.4. The van der Waals surface area contributed by atoms with Crippen LogP contribution in [0.25, 0.3) is 0 Å². The molecule has 0 unspecified atom stereocenters. The number of amides is 1. The summed E-state index contributed by atoms with van der Waals surface area (Å²) in [5.74, 6) is -0.168. The van der Waals surface area contributed by atoms with Gasteiger partial charge in [-0.15, -0.1) is 0 Å². The number of nitrogens with zero attached hydrogens (tertiary/aromatic N) is 1. The summed E-state index contributed by atoms with van der Waals surface area (Å²) < 4.78 is 28.7. The molecule has 0 saturated carbocycles. The van der Waals surface area contributed by atoms with Gasteiger partial charge in [0.1, 0.15) is 0 Å². The van der Waals surface area contributed by atoms with Crippen molar-refractivity contribution in [1.82, 2.24) is 9.62 Å². The maximum atomic E-state index is 12.4. The second-order valence-corrected chi connectivity index (χ2v) is 7.55. The summed E-state index contributed by atoms with van der Waals surface area (Å²) in [6.07, 6.45) is 4.53. The smallest absolute Gasteiger partial charge is 0.301 e. The number of rotatable bonds is 5. The maximum Gasteiger partial charge on any atom is 0.301 e. The number of carbonyl (C=O) groups is 1. The number of anilines is 1. The molecular formula is C16H23N3O3S. The lowest BCUT2D eigenvalue weighted by Gasteiger charge is -2.24. The Balaban J connectivity index is 2.15. The summed E-state index contributed by atoms with van der Waals surface area (Å²) in [6.45, 7) is 6.41. The lowest BCUT2D eigenvalue weighted by atomic mass is 10.1. The third kappa shape index (κ3) is 4.56. The van der Waals surface area contributed by atoms with E-state index in [1.54, 1.807) is 25.1 Å². The van der Waals surface area contributed by atoms with Gasteiger partial charge in [-0.3, -0.25) is 9.52 Å². The first-order valence-electron chi connectivity index (χ1n) is 7.64. The van der Waals surface area contributed by atoms with Crippen molar-refractivity contribution in [2.75, 3.05) is 17.8 Å². The van der Waals surface area contributed by atoms with E-state index >= 15 is 0 Å². The predicted molar refractivity (Wildman–Crippen MR) is 91.7 cm³/mol. The standard InChI is InChI=1S/C16H23N3O3S/c1-12(2)17-16(20)14-7-8-15(13(3)11-14)18-23(21,22)19-9-5-4-6-10-19/h4-5,7-8,11-12,18H,6,9-10H2,1-3H3,(H,17,20). The predicted octanol–water partition coefficient (Wildman–Crippen LogP) is 2.05. The van der Waals surface area contributed by atoms with E-state index < -0.39 is 10.2 Å². The summed E-state index contributed by atoms with van der Waals surface area (Å²) >= 11 is 0. The Hall–Kier alpha value is -1.86. The molecule has 1 heterocycles. The molecule has 0 aliphatic carbocycles. The van der Waals surface area contributed by atoms with Crippen LogP contribution in [0, 0.1) is 6.92 Å². The molecule has 7 heteroatoms. The second kappa shape index (κ2) is 7.14. The van der Waals surface area contributed by atoms with Crippen LogP contribution in [0.4, 0.5) is 5.69 Å². The van der Waals surface area contributed by atoms with Crippen LogP contribution in [0.1, 0.15) is 36.2 Å². The van der Waals surface area contributed by atoms with Crippen LogP contribution >= 0.6 is 0 Å². The third-order valence-corrected chi connectivity index (χ3v) is 5.00. The van der Waals surface area contributed by atoms with Gasteiger partial charge in [-0.1, -0.05) is 12.2 Å². The molecule has 126 valence electrons. The van der Waals surface area contributed by atoms with Crippen molar-refractivity contribution in [2.45, 2.75) is 33.2 Å². The highest BCUT2D eigenvalue weighted by molar-refractivity contribution is 7.90. The zero-order chi connectivity index (χ0) is 17.0. The summed E-state index contributed by atoms with van der Waals surface area (Å²) in [5, 5.41) is 2.81. The van der Waals surface area contributed by atoms with Crippen LogP contribution in [0.15, 0.2) is 30.4 Å². The number of hydrogen-bond acceptors (Lipinski definition) is 3. The van der Waals surface area contributed by atoms with Gasteiger partial charge in [-0.2, -0.15) is 12.7 Å². The van der Waals surface area contributed by atoms with Gasteiger partial charge in [0.15, 0.2) is 0 Å². The number of nitrogens with one attached hydrogen (secondary N) is 2. The lowest BCUT2D eigenvalue weighted by molar-refractivity contribution is 0.0943. The molecule has 0 bridgehead atoms. The summed E-state index contributed by atoms with van der Waals surface area (Å²) in [4.78, 5) is 12.0. The van der Waals surface area contributed by atoms with Crippen LogP contribution in [0.3, 0.4) is 0 Å². The van der Waals surface area contributed by atoms with Crippen molar-refractivity contribution < 1.29 is 13.2 Å². The van der Waals surface area contributed by atoms with E-state index in [9.17, 15) is 13.2 Å². The highest BCUT2D eigenvalue weighted by atomic mass is 32.2. The Morgan fingerprint density at radius 1 is 1.26 bits per heavy atom. The Labute approximate surface area is 137 Å². The molecule has 2 N–H and O–H groups in total. The highest BCUT2D eigenvalue weighted by Crippen LogP contribution is 2.20.